The molecule has 3 atom stereocenters. The second-order valence-corrected chi connectivity index (χ2v) is 8.74. The smallest absolute Gasteiger partial charge is 0.244 e. The summed E-state index contributed by atoms with van der Waals surface area (Å²) in [5, 5.41) is 10.1. The molecule has 0 aromatic carbocycles. The van der Waals surface area contributed by atoms with Crippen LogP contribution >= 0.6 is 0 Å². The van der Waals surface area contributed by atoms with Crippen LogP contribution in [0.1, 0.15) is 53.4 Å². The number of amides is 3. The number of unbranched alkanes of at least 4 members (excludes halogenated alkanes) is 1. The van der Waals surface area contributed by atoms with Crippen LogP contribution in [0.2, 0.25) is 0 Å². The minimum absolute atomic E-state index is 0.0222. The molecule has 1 rings (SSSR count). The van der Waals surface area contributed by atoms with E-state index in [1.165, 1.54) is 4.90 Å². The van der Waals surface area contributed by atoms with Crippen LogP contribution in [0, 0.1) is 17.3 Å². The Bertz CT molecular complexity index is 502. The Labute approximate surface area is 157 Å². The van der Waals surface area contributed by atoms with Gasteiger partial charge in [-0.2, -0.15) is 0 Å². The third-order valence-corrected chi connectivity index (χ3v) is 4.94. The number of rotatable bonds is 9. The first-order chi connectivity index (χ1) is 12.0. The number of likely N-dealkylation sites (N-methyl/N-ethyl adjacent to an activating group) is 1. The number of hydroxylamine groups is 2. The van der Waals surface area contributed by atoms with Crippen molar-refractivity contribution < 1.29 is 19.6 Å². The van der Waals surface area contributed by atoms with E-state index in [1.54, 1.807) is 19.0 Å². The molecular weight excluding hydrogens is 334 g/mol. The minimum Gasteiger partial charge on any atom is -0.347 e. The highest BCUT2D eigenvalue weighted by atomic mass is 16.5. The zero-order valence-electron chi connectivity index (χ0n) is 17.1. The van der Waals surface area contributed by atoms with Crippen LogP contribution in [0.3, 0.4) is 0 Å². The quantitative estimate of drug-likeness (QED) is 0.383. The van der Waals surface area contributed by atoms with Gasteiger partial charge in [-0.1, -0.05) is 40.5 Å². The molecule has 1 aliphatic rings. The lowest BCUT2D eigenvalue weighted by Crippen LogP contribution is -2.49. The Balaban J connectivity index is 3.11. The van der Waals surface area contributed by atoms with Crippen LogP contribution in [0.5, 0.6) is 0 Å². The summed E-state index contributed by atoms with van der Waals surface area (Å²) in [5.41, 5.74) is -0.112. The molecule has 7 heteroatoms. The van der Waals surface area contributed by atoms with Crippen LogP contribution in [-0.4, -0.2) is 71.5 Å². The lowest BCUT2D eigenvalue weighted by Gasteiger charge is -2.34. The largest absolute Gasteiger partial charge is 0.347 e. The highest BCUT2D eigenvalue weighted by Gasteiger charge is 2.46. The molecule has 1 saturated heterocycles. The average Bonchev–Trinajstić information content (AvgIpc) is 2.85. The summed E-state index contributed by atoms with van der Waals surface area (Å²) in [5.74, 6) is -0.653. The molecule has 2 unspecified atom stereocenters. The van der Waals surface area contributed by atoms with E-state index < -0.39 is 12.0 Å². The van der Waals surface area contributed by atoms with Crippen molar-refractivity contribution in [3.8, 4) is 0 Å². The van der Waals surface area contributed by atoms with Gasteiger partial charge in [-0.05, 0) is 24.2 Å². The standard InChI is InChI=1S/C19H35N3O4/c1-7-8-9-14-11-22(17(24)15(14)12-21(26)13-23)16(10-19(2,3)4)18(25)20(5)6/h13-16,26H,7-12H2,1-6H3/t14?,15?,16-/m0/s1. The first kappa shape index (κ1) is 22.4. The number of hydrogen-bond donors (Lipinski definition) is 1. The van der Waals surface area contributed by atoms with Crippen molar-refractivity contribution >= 4 is 18.2 Å². The molecule has 7 nitrogen and oxygen atoms in total. The molecule has 0 aromatic rings. The number of carbonyl (C=O) groups is 3. The monoisotopic (exact) mass is 369 g/mol. The fourth-order valence-corrected chi connectivity index (χ4v) is 3.60. The lowest BCUT2D eigenvalue weighted by molar-refractivity contribution is -0.156. The highest BCUT2D eigenvalue weighted by Crippen LogP contribution is 2.34. The molecule has 0 saturated carbocycles. The number of nitrogens with zero attached hydrogens (tertiary/aromatic N) is 3. The summed E-state index contributed by atoms with van der Waals surface area (Å²) in [4.78, 5) is 39.9. The average molecular weight is 370 g/mol. The molecule has 26 heavy (non-hydrogen) atoms. The fourth-order valence-electron chi connectivity index (χ4n) is 3.60. The summed E-state index contributed by atoms with van der Waals surface area (Å²) >= 11 is 0. The molecule has 0 radical (unpaired) electrons. The van der Waals surface area contributed by atoms with Crippen molar-refractivity contribution in [3.63, 3.8) is 0 Å². The topological polar surface area (TPSA) is 81.2 Å². The molecule has 1 aliphatic heterocycles. The van der Waals surface area contributed by atoms with Gasteiger partial charge in [-0.3, -0.25) is 19.6 Å². The van der Waals surface area contributed by atoms with E-state index in [2.05, 4.69) is 27.7 Å². The molecule has 1 heterocycles. The van der Waals surface area contributed by atoms with E-state index in [9.17, 15) is 19.6 Å². The minimum atomic E-state index is -0.519. The van der Waals surface area contributed by atoms with Gasteiger partial charge in [0.1, 0.15) is 6.04 Å². The number of carbonyl (C=O) groups excluding carboxylic acids is 3. The summed E-state index contributed by atoms with van der Waals surface area (Å²) < 4.78 is 0. The van der Waals surface area contributed by atoms with Crippen LogP contribution in [-0.2, 0) is 14.4 Å². The summed E-state index contributed by atoms with van der Waals surface area (Å²) in [6, 6.07) is -0.519. The third kappa shape index (κ3) is 5.97. The van der Waals surface area contributed by atoms with Gasteiger partial charge in [-0.25, -0.2) is 5.06 Å². The Hall–Kier alpha value is -1.63. The first-order valence-electron chi connectivity index (χ1n) is 9.44. The van der Waals surface area contributed by atoms with Crippen molar-refractivity contribution in [3.05, 3.63) is 0 Å². The van der Waals surface area contributed by atoms with E-state index in [0.29, 0.717) is 24.4 Å². The maximum atomic E-state index is 13.1. The predicted octanol–water partition coefficient (Wildman–Crippen LogP) is 1.99. The van der Waals surface area contributed by atoms with Crippen molar-refractivity contribution in [2.75, 3.05) is 27.2 Å². The highest BCUT2D eigenvalue weighted by molar-refractivity contribution is 5.90. The number of likely N-dealkylation sites (tertiary alicyclic amines) is 1. The maximum absolute atomic E-state index is 13.1. The summed E-state index contributed by atoms with van der Waals surface area (Å²) in [6.45, 7) is 8.72. The molecule has 1 fully saturated rings. The van der Waals surface area contributed by atoms with Gasteiger partial charge in [0, 0.05) is 20.6 Å². The van der Waals surface area contributed by atoms with E-state index in [0.717, 1.165) is 19.3 Å². The Morgan fingerprint density at radius 2 is 2.00 bits per heavy atom. The molecular formula is C19H35N3O4. The van der Waals surface area contributed by atoms with Crippen LogP contribution < -0.4 is 0 Å². The van der Waals surface area contributed by atoms with Crippen molar-refractivity contribution in [2.45, 2.75) is 59.4 Å². The number of hydrogen-bond acceptors (Lipinski definition) is 4. The van der Waals surface area contributed by atoms with Gasteiger partial charge in [0.25, 0.3) is 0 Å². The Morgan fingerprint density at radius 1 is 1.38 bits per heavy atom. The SMILES string of the molecule is CCCCC1CN([C@@H](CC(C)(C)C)C(=O)N(C)C)C(=O)C1CN(O)C=O. The zero-order valence-corrected chi connectivity index (χ0v) is 17.1. The van der Waals surface area contributed by atoms with Gasteiger partial charge in [0.2, 0.25) is 18.2 Å². The van der Waals surface area contributed by atoms with Gasteiger partial charge in [0.05, 0.1) is 12.5 Å². The molecule has 3 amide bonds. The lowest BCUT2D eigenvalue weighted by atomic mass is 9.87. The van der Waals surface area contributed by atoms with Crippen molar-refractivity contribution in [1.82, 2.24) is 14.9 Å². The molecule has 0 spiro atoms. The van der Waals surface area contributed by atoms with E-state index in [-0.39, 0.29) is 29.7 Å². The normalized spacial score (nSPS) is 21.7. The summed E-state index contributed by atoms with van der Waals surface area (Å²) in [7, 11) is 3.40. The van der Waals surface area contributed by atoms with Crippen LogP contribution in [0.4, 0.5) is 0 Å². The van der Waals surface area contributed by atoms with E-state index in [1.807, 2.05) is 0 Å². The second-order valence-electron chi connectivity index (χ2n) is 8.74. The first-order valence-corrected chi connectivity index (χ1v) is 9.44. The molecule has 0 bridgehead atoms. The fraction of sp³-hybridized carbons (Fsp3) is 0.842. The second kappa shape index (κ2) is 9.35. The Morgan fingerprint density at radius 3 is 2.46 bits per heavy atom. The zero-order chi connectivity index (χ0) is 20.1. The predicted molar refractivity (Wildman–Crippen MR) is 99.3 cm³/mol. The van der Waals surface area contributed by atoms with Gasteiger partial charge in [0.15, 0.2) is 0 Å². The molecule has 0 aliphatic carbocycles. The maximum Gasteiger partial charge on any atom is 0.244 e. The van der Waals surface area contributed by atoms with Crippen molar-refractivity contribution in [1.29, 1.82) is 0 Å². The van der Waals surface area contributed by atoms with Gasteiger partial charge < -0.3 is 9.80 Å². The Kier molecular flexibility index (Phi) is 8.06. The van der Waals surface area contributed by atoms with Crippen molar-refractivity contribution in [2.24, 2.45) is 17.3 Å². The molecule has 1 N–H and O–H groups in total. The molecule has 0 aromatic heterocycles. The summed E-state index contributed by atoms with van der Waals surface area (Å²) in [6.07, 6.45) is 3.72. The van der Waals surface area contributed by atoms with Crippen LogP contribution in [0.15, 0.2) is 0 Å². The van der Waals surface area contributed by atoms with Gasteiger partial charge >= 0.3 is 0 Å². The van der Waals surface area contributed by atoms with Crippen LogP contribution in [0.25, 0.3) is 0 Å². The third-order valence-electron chi connectivity index (χ3n) is 4.94. The van der Waals surface area contributed by atoms with E-state index >= 15 is 0 Å². The molecule has 150 valence electrons. The van der Waals surface area contributed by atoms with E-state index in [4.69, 9.17) is 0 Å². The van der Waals surface area contributed by atoms with Gasteiger partial charge in [-0.15, -0.1) is 0 Å².